The van der Waals surface area contributed by atoms with E-state index in [0.717, 1.165) is 30.2 Å². The van der Waals surface area contributed by atoms with Crippen molar-refractivity contribution in [3.63, 3.8) is 0 Å². The van der Waals surface area contributed by atoms with Crippen molar-refractivity contribution < 1.29 is 9.47 Å². The van der Waals surface area contributed by atoms with E-state index >= 15 is 0 Å². The first kappa shape index (κ1) is 16.8. The molecule has 0 spiro atoms. The summed E-state index contributed by atoms with van der Waals surface area (Å²) in [6.07, 6.45) is 0. The SMILES string of the molecule is COc1cccc(CNCC(C(C)C)C(C)C)c1OC. The predicted octanol–water partition coefficient (Wildman–Crippen LogP) is 3.72. The Bertz CT molecular complexity index is 394. The van der Waals surface area contributed by atoms with Gasteiger partial charge in [-0.25, -0.2) is 0 Å². The van der Waals surface area contributed by atoms with Crippen LogP contribution in [0.5, 0.6) is 11.5 Å². The number of benzene rings is 1. The quantitative estimate of drug-likeness (QED) is 0.786. The van der Waals surface area contributed by atoms with E-state index in [1.165, 1.54) is 0 Å². The van der Waals surface area contributed by atoms with E-state index in [0.29, 0.717) is 17.8 Å². The van der Waals surface area contributed by atoms with E-state index in [-0.39, 0.29) is 0 Å². The van der Waals surface area contributed by atoms with Crippen molar-refractivity contribution in [2.75, 3.05) is 20.8 Å². The molecule has 1 aromatic rings. The lowest BCUT2D eigenvalue weighted by atomic mass is 9.85. The van der Waals surface area contributed by atoms with Crippen molar-refractivity contribution in [3.05, 3.63) is 23.8 Å². The van der Waals surface area contributed by atoms with Crippen LogP contribution in [0.15, 0.2) is 18.2 Å². The monoisotopic (exact) mass is 279 g/mol. The molecule has 0 fully saturated rings. The third kappa shape index (κ3) is 4.41. The van der Waals surface area contributed by atoms with Crippen molar-refractivity contribution in [1.82, 2.24) is 5.32 Å². The van der Waals surface area contributed by atoms with Crippen molar-refractivity contribution in [2.24, 2.45) is 17.8 Å². The number of rotatable bonds is 8. The maximum absolute atomic E-state index is 5.45. The summed E-state index contributed by atoms with van der Waals surface area (Å²) in [6.45, 7) is 11.0. The standard InChI is InChI=1S/C17H29NO2/c1-12(2)15(13(3)4)11-18-10-14-8-7-9-16(19-5)17(14)20-6/h7-9,12-13,15,18H,10-11H2,1-6H3. The molecule has 0 aliphatic heterocycles. The fourth-order valence-corrected chi connectivity index (χ4v) is 2.71. The van der Waals surface area contributed by atoms with Crippen molar-refractivity contribution >= 4 is 0 Å². The molecule has 0 unspecified atom stereocenters. The Labute approximate surface area is 123 Å². The van der Waals surface area contributed by atoms with Gasteiger partial charge in [0, 0.05) is 12.1 Å². The summed E-state index contributed by atoms with van der Waals surface area (Å²) in [5.74, 6) is 3.68. The lowest BCUT2D eigenvalue weighted by Crippen LogP contribution is -2.29. The fourth-order valence-electron chi connectivity index (χ4n) is 2.71. The lowest BCUT2D eigenvalue weighted by Gasteiger charge is -2.25. The van der Waals surface area contributed by atoms with E-state index in [1.807, 2.05) is 12.1 Å². The minimum absolute atomic E-state index is 0.687. The Morgan fingerprint density at radius 1 is 1.00 bits per heavy atom. The van der Waals surface area contributed by atoms with Gasteiger partial charge < -0.3 is 14.8 Å². The van der Waals surface area contributed by atoms with Gasteiger partial charge in [0.2, 0.25) is 0 Å². The van der Waals surface area contributed by atoms with E-state index in [1.54, 1.807) is 14.2 Å². The zero-order chi connectivity index (χ0) is 15.1. The summed E-state index contributed by atoms with van der Waals surface area (Å²) in [5, 5.41) is 3.55. The highest BCUT2D eigenvalue weighted by atomic mass is 16.5. The Morgan fingerprint density at radius 3 is 2.15 bits per heavy atom. The van der Waals surface area contributed by atoms with Gasteiger partial charge in [-0.3, -0.25) is 0 Å². The lowest BCUT2D eigenvalue weighted by molar-refractivity contribution is 0.274. The molecule has 0 aliphatic rings. The normalized spacial score (nSPS) is 11.4. The number of ether oxygens (including phenoxy) is 2. The molecule has 1 aromatic carbocycles. The zero-order valence-electron chi connectivity index (χ0n) is 13.7. The van der Waals surface area contributed by atoms with Gasteiger partial charge in [0.25, 0.3) is 0 Å². The summed E-state index contributed by atoms with van der Waals surface area (Å²) >= 11 is 0. The first-order chi connectivity index (χ1) is 9.51. The van der Waals surface area contributed by atoms with Crippen LogP contribution in [0.3, 0.4) is 0 Å². The second-order valence-corrected chi connectivity index (χ2v) is 5.94. The van der Waals surface area contributed by atoms with Crippen LogP contribution in [0.4, 0.5) is 0 Å². The second kappa shape index (κ2) is 8.15. The maximum Gasteiger partial charge on any atom is 0.165 e. The fraction of sp³-hybridized carbons (Fsp3) is 0.647. The molecule has 1 N–H and O–H groups in total. The van der Waals surface area contributed by atoms with Gasteiger partial charge in [0.05, 0.1) is 14.2 Å². The van der Waals surface area contributed by atoms with Crippen LogP contribution in [-0.4, -0.2) is 20.8 Å². The third-order valence-corrected chi connectivity index (χ3v) is 3.89. The van der Waals surface area contributed by atoms with Gasteiger partial charge in [-0.15, -0.1) is 0 Å². The Morgan fingerprint density at radius 2 is 1.65 bits per heavy atom. The molecule has 0 saturated carbocycles. The highest BCUT2D eigenvalue weighted by Gasteiger charge is 2.17. The summed E-state index contributed by atoms with van der Waals surface area (Å²) in [5.41, 5.74) is 1.14. The van der Waals surface area contributed by atoms with Gasteiger partial charge in [-0.1, -0.05) is 39.8 Å². The maximum atomic E-state index is 5.45. The number of hydrogen-bond donors (Lipinski definition) is 1. The minimum Gasteiger partial charge on any atom is -0.493 e. The van der Waals surface area contributed by atoms with Crippen LogP contribution in [0.1, 0.15) is 33.3 Å². The number of hydrogen-bond acceptors (Lipinski definition) is 3. The molecule has 0 atom stereocenters. The predicted molar refractivity (Wildman–Crippen MR) is 84.4 cm³/mol. The molecule has 1 rings (SSSR count). The first-order valence-corrected chi connectivity index (χ1v) is 7.41. The second-order valence-electron chi connectivity index (χ2n) is 5.94. The zero-order valence-corrected chi connectivity index (χ0v) is 13.7. The largest absolute Gasteiger partial charge is 0.493 e. The number of nitrogens with one attached hydrogen (secondary N) is 1. The van der Waals surface area contributed by atoms with Crippen LogP contribution in [0.2, 0.25) is 0 Å². The minimum atomic E-state index is 0.687. The van der Waals surface area contributed by atoms with E-state index in [4.69, 9.17) is 9.47 Å². The molecular formula is C17H29NO2. The van der Waals surface area contributed by atoms with Crippen LogP contribution >= 0.6 is 0 Å². The molecule has 3 heteroatoms. The molecule has 0 bridgehead atoms. The van der Waals surface area contributed by atoms with Crippen molar-refractivity contribution in [1.29, 1.82) is 0 Å². The van der Waals surface area contributed by atoms with Crippen LogP contribution in [0, 0.1) is 17.8 Å². The Balaban J connectivity index is 2.66. The van der Waals surface area contributed by atoms with Gasteiger partial charge in [-0.2, -0.15) is 0 Å². The van der Waals surface area contributed by atoms with Crippen LogP contribution < -0.4 is 14.8 Å². The third-order valence-electron chi connectivity index (χ3n) is 3.89. The Hall–Kier alpha value is -1.22. The summed E-state index contributed by atoms with van der Waals surface area (Å²) in [6, 6.07) is 6.00. The average Bonchev–Trinajstić information content (AvgIpc) is 2.42. The van der Waals surface area contributed by atoms with Crippen molar-refractivity contribution in [2.45, 2.75) is 34.2 Å². The van der Waals surface area contributed by atoms with E-state index in [9.17, 15) is 0 Å². The first-order valence-electron chi connectivity index (χ1n) is 7.41. The van der Waals surface area contributed by atoms with Gasteiger partial charge in [0.15, 0.2) is 11.5 Å². The topological polar surface area (TPSA) is 30.5 Å². The highest BCUT2D eigenvalue weighted by molar-refractivity contribution is 5.46. The molecule has 0 aliphatic carbocycles. The van der Waals surface area contributed by atoms with Crippen LogP contribution in [0.25, 0.3) is 0 Å². The molecular weight excluding hydrogens is 250 g/mol. The number of methoxy groups -OCH3 is 2. The molecule has 0 heterocycles. The molecule has 0 aromatic heterocycles. The average molecular weight is 279 g/mol. The highest BCUT2D eigenvalue weighted by Crippen LogP contribution is 2.30. The molecule has 114 valence electrons. The summed E-state index contributed by atoms with van der Waals surface area (Å²) in [4.78, 5) is 0. The van der Waals surface area contributed by atoms with Gasteiger partial charge in [0.1, 0.15) is 0 Å². The van der Waals surface area contributed by atoms with E-state index in [2.05, 4.69) is 39.1 Å². The molecule has 20 heavy (non-hydrogen) atoms. The van der Waals surface area contributed by atoms with Crippen molar-refractivity contribution in [3.8, 4) is 11.5 Å². The smallest absolute Gasteiger partial charge is 0.165 e. The summed E-state index contributed by atoms with van der Waals surface area (Å²) < 4.78 is 10.8. The Kier molecular flexibility index (Phi) is 6.86. The molecule has 0 saturated heterocycles. The van der Waals surface area contributed by atoms with E-state index < -0.39 is 0 Å². The summed E-state index contributed by atoms with van der Waals surface area (Å²) in [7, 11) is 3.36. The number of para-hydroxylation sites is 1. The van der Waals surface area contributed by atoms with Crippen LogP contribution in [-0.2, 0) is 6.54 Å². The molecule has 0 radical (unpaired) electrons. The van der Waals surface area contributed by atoms with Gasteiger partial charge >= 0.3 is 0 Å². The van der Waals surface area contributed by atoms with Gasteiger partial charge in [-0.05, 0) is 30.4 Å². The molecule has 3 nitrogen and oxygen atoms in total. The molecule has 0 amide bonds.